The van der Waals surface area contributed by atoms with Crippen LogP contribution in [0.2, 0.25) is 0 Å². The highest BCUT2D eigenvalue weighted by Crippen LogP contribution is 2.17. The van der Waals surface area contributed by atoms with Crippen molar-refractivity contribution in [2.45, 2.75) is 32.4 Å². The largest absolute Gasteiger partial charge is 0.382 e. The standard InChI is InChI=1S/C13H15FN2O2/c1-8(2)15-13(17)12-7-11(16-18-12)9-3-5-10(14)6-4-9/h3-6,8,12H,7H2,1-2H3,(H,15,17). The average Bonchev–Trinajstić information content (AvgIpc) is 2.78. The van der Waals surface area contributed by atoms with Gasteiger partial charge in [0, 0.05) is 12.5 Å². The predicted molar refractivity (Wildman–Crippen MR) is 65.7 cm³/mol. The monoisotopic (exact) mass is 250 g/mol. The van der Waals surface area contributed by atoms with Gasteiger partial charge in [-0.05, 0) is 31.5 Å². The Morgan fingerprint density at radius 3 is 2.72 bits per heavy atom. The highest BCUT2D eigenvalue weighted by atomic mass is 19.1. The van der Waals surface area contributed by atoms with Gasteiger partial charge in [0.2, 0.25) is 6.10 Å². The Morgan fingerprint density at radius 2 is 2.11 bits per heavy atom. The van der Waals surface area contributed by atoms with Gasteiger partial charge >= 0.3 is 0 Å². The lowest BCUT2D eigenvalue weighted by molar-refractivity contribution is -0.131. The molecule has 1 amide bonds. The van der Waals surface area contributed by atoms with Gasteiger partial charge in [0.1, 0.15) is 5.82 Å². The van der Waals surface area contributed by atoms with Crippen LogP contribution in [0.5, 0.6) is 0 Å². The second kappa shape index (κ2) is 5.16. The number of carbonyl (C=O) groups excluding carboxylic acids is 1. The van der Waals surface area contributed by atoms with Gasteiger partial charge in [0.05, 0.1) is 5.71 Å². The molecule has 0 spiro atoms. The summed E-state index contributed by atoms with van der Waals surface area (Å²) in [6, 6.07) is 6.04. The number of rotatable bonds is 3. The molecule has 1 atom stereocenters. The summed E-state index contributed by atoms with van der Waals surface area (Å²) in [6.45, 7) is 3.77. The SMILES string of the molecule is CC(C)NC(=O)C1CC(c2ccc(F)cc2)=NO1. The molecule has 0 saturated carbocycles. The number of hydrogen-bond donors (Lipinski definition) is 1. The molecule has 1 N–H and O–H groups in total. The number of benzene rings is 1. The van der Waals surface area contributed by atoms with Crippen LogP contribution in [0.25, 0.3) is 0 Å². The van der Waals surface area contributed by atoms with E-state index < -0.39 is 6.10 Å². The fraction of sp³-hybridized carbons (Fsp3) is 0.385. The number of oxime groups is 1. The first kappa shape index (κ1) is 12.5. The van der Waals surface area contributed by atoms with Crippen LogP contribution in [0.3, 0.4) is 0 Å². The Morgan fingerprint density at radius 1 is 1.44 bits per heavy atom. The van der Waals surface area contributed by atoms with E-state index in [9.17, 15) is 9.18 Å². The van der Waals surface area contributed by atoms with E-state index in [1.807, 2.05) is 13.8 Å². The third-order valence-electron chi connectivity index (χ3n) is 2.57. The molecule has 96 valence electrons. The van der Waals surface area contributed by atoms with Gasteiger partial charge in [-0.3, -0.25) is 4.79 Å². The third kappa shape index (κ3) is 2.85. The lowest BCUT2D eigenvalue weighted by Crippen LogP contribution is -2.38. The summed E-state index contributed by atoms with van der Waals surface area (Å²) in [7, 11) is 0. The smallest absolute Gasteiger partial charge is 0.264 e. The van der Waals surface area contributed by atoms with E-state index in [4.69, 9.17) is 4.84 Å². The molecule has 18 heavy (non-hydrogen) atoms. The van der Waals surface area contributed by atoms with Crippen LogP contribution in [0.1, 0.15) is 25.8 Å². The number of nitrogens with zero attached hydrogens (tertiary/aromatic N) is 1. The van der Waals surface area contributed by atoms with Crippen LogP contribution in [-0.2, 0) is 9.63 Å². The van der Waals surface area contributed by atoms with E-state index in [1.165, 1.54) is 12.1 Å². The highest BCUT2D eigenvalue weighted by molar-refractivity contribution is 6.04. The molecule has 2 rings (SSSR count). The van der Waals surface area contributed by atoms with Crippen molar-refractivity contribution in [3.8, 4) is 0 Å². The summed E-state index contributed by atoms with van der Waals surface area (Å²) in [5.41, 5.74) is 1.44. The number of halogens is 1. The van der Waals surface area contributed by atoms with Gasteiger partial charge in [-0.2, -0.15) is 0 Å². The second-order valence-electron chi connectivity index (χ2n) is 4.51. The fourth-order valence-electron chi connectivity index (χ4n) is 1.71. The Balaban J connectivity index is 1.99. The predicted octanol–water partition coefficient (Wildman–Crippen LogP) is 1.84. The summed E-state index contributed by atoms with van der Waals surface area (Å²) in [5, 5.41) is 6.65. The molecule has 1 heterocycles. The Hall–Kier alpha value is -1.91. The van der Waals surface area contributed by atoms with Crippen molar-refractivity contribution in [1.82, 2.24) is 5.32 Å². The molecule has 1 aromatic carbocycles. The van der Waals surface area contributed by atoms with E-state index >= 15 is 0 Å². The first-order valence-corrected chi connectivity index (χ1v) is 5.85. The summed E-state index contributed by atoms with van der Waals surface area (Å²) >= 11 is 0. The minimum Gasteiger partial charge on any atom is -0.382 e. The molecule has 1 aromatic rings. The molecule has 0 bridgehead atoms. The zero-order valence-electron chi connectivity index (χ0n) is 10.3. The lowest BCUT2D eigenvalue weighted by Gasteiger charge is -2.11. The van der Waals surface area contributed by atoms with Crippen molar-refractivity contribution in [1.29, 1.82) is 0 Å². The molecule has 1 unspecified atom stereocenters. The van der Waals surface area contributed by atoms with Crippen molar-refractivity contribution in [2.75, 3.05) is 0 Å². The van der Waals surface area contributed by atoms with Crippen molar-refractivity contribution in [2.24, 2.45) is 5.16 Å². The topological polar surface area (TPSA) is 50.7 Å². The van der Waals surface area contributed by atoms with Gasteiger partial charge in [-0.25, -0.2) is 4.39 Å². The maximum atomic E-state index is 12.8. The fourth-order valence-corrected chi connectivity index (χ4v) is 1.71. The Bertz CT molecular complexity index is 468. The molecule has 4 nitrogen and oxygen atoms in total. The molecule has 5 heteroatoms. The van der Waals surface area contributed by atoms with Crippen LogP contribution in [0, 0.1) is 5.82 Å². The highest BCUT2D eigenvalue weighted by Gasteiger charge is 2.28. The summed E-state index contributed by atoms with van der Waals surface area (Å²) in [6.07, 6.45) is -0.183. The van der Waals surface area contributed by atoms with Crippen LogP contribution < -0.4 is 5.32 Å². The molecule has 0 radical (unpaired) electrons. The number of carbonyl (C=O) groups is 1. The first-order valence-electron chi connectivity index (χ1n) is 5.85. The maximum absolute atomic E-state index is 12.8. The van der Waals surface area contributed by atoms with Crippen LogP contribution in [0.15, 0.2) is 29.4 Å². The van der Waals surface area contributed by atoms with Crippen molar-refractivity contribution in [3.63, 3.8) is 0 Å². The molecule has 0 saturated heterocycles. The van der Waals surface area contributed by atoms with Gasteiger partial charge in [0.25, 0.3) is 5.91 Å². The average molecular weight is 250 g/mol. The zero-order chi connectivity index (χ0) is 13.1. The van der Waals surface area contributed by atoms with Crippen molar-refractivity contribution in [3.05, 3.63) is 35.6 Å². The number of hydrogen-bond acceptors (Lipinski definition) is 3. The van der Waals surface area contributed by atoms with E-state index in [1.54, 1.807) is 12.1 Å². The van der Waals surface area contributed by atoms with Gasteiger partial charge in [0.15, 0.2) is 0 Å². The van der Waals surface area contributed by atoms with Crippen molar-refractivity contribution < 1.29 is 14.0 Å². The van der Waals surface area contributed by atoms with E-state index in [0.717, 1.165) is 5.56 Å². The zero-order valence-corrected chi connectivity index (χ0v) is 10.3. The molecule has 1 aliphatic rings. The minimum absolute atomic E-state index is 0.0657. The molecule has 0 fully saturated rings. The molecular weight excluding hydrogens is 235 g/mol. The third-order valence-corrected chi connectivity index (χ3v) is 2.57. The summed E-state index contributed by atoms with van der Waals surface area (Å²) in [4.78, 5) is 16.8. The van der Waals surface area contributed by atoms with Gasteiger partial charge in [-0.1, -0.05) is 17.3 Å². The number of amides is 1. The number of nitrogens with one attached hydrogen (secondary N) is 1. The maximum Gasteiger partial charge on any atom is 0.264 e. The van der Waals surface area contributed by atoms with Crippen LogP contribution >= 0.6 is 0 Å². The first-order chi connectivity index (χ1) is 8.56. The normalized spacial score (nSPS) is 18.4. The van der Waals surface area contributed by atoms with Crippen molar-refractivity contribution >= 4 is 11.6 Å². The van der Waals surface area contributed by atoms with Gasteiger partial charge in [-0.15, -0.1) is 0 Å². The molecular formula is C13H15FN2O2. The molecule has 0 aromatic heterocycles. The summed E-state index contributed by atoms with van der Waals surface area (Å²) in [5.74, 6) is -0.474. The van der Waals surface area contributed by atoms with E-state index in [-0.39, 0.29) is 17.8 Å². The minimum atomic E-state index is -0.590. The lowest BCUT2D eigenvalue weighted by atomic mass is 10.0. The second-order valence-corrected chi connectivity index (χ2v) is 4.51. The molecule has 0 aliphatic carbocycles. The van der Waals surface area contributed by atoms with E-state index in [2.05, 4.69) is 10.5 Å². The van der Waals surface area contributed by atoms with Gasteiger partial charge < -0.3 is 10.2 Å². The summed E-state index contributed by atoms with van der Waals surface area (Å²) < 4.78 is 12.8. The van der Waals surface area contributed by atoms with E-state index in [0.29, 0.717) is 12.1 Å². The molecule has 1 aliphatic heterocycles. The van der Waals surface area contributed by atoms with Crippen LogP contribution in [-0.4, -0.2) is 23.8 Å². The quantitative estimate of drug-likeness (QED) is 0.890. The Kier molecular flexibility index (Phi) is 3.60. The van der Waals surface area contributed by atoms with Crippen LogP contribution in [0.4, 0.5) is 4.39 Å². The Labute approximate surface area is 105 Å².